The highest BCUT2D eigenvalue weighted by Gasteiger charge is 2.28. The van der Waals surface area contributed by atoms with Crippen LogP contribution in [0.3, 0.4) is 0 Å². The summed E-state index contributed by atoms with van der Waals surface area (Å²) in [5.41, 5.74) is 0. The number of rotatable bonds is 5. The summed E-state index contributed by atoms with van der Waals surface area (Å²) in [5, 5.41) is 11.7. The lowest BCUT2D eigenvalue weighted by Crippen LogP contribution is -3.12. The standard InChI is InChI=1S/C12H19N3O2.ClH/c1-5-10(2)11(3)17-9-15-7-6-14(4)12(15)8-13-16;/h1,6-8,10-12,16H,9H2,2-4H3;1H/b13-8-;. The zero-order chi connectivity index (χ0) is 12.8. The molecule has 0 bridgehead atoms. The van der Waals surface area contributed by atoms with E-state index in [-0.39, 0.29) is 30.6 Å². The number of nitrogens with zero attached hydrogens (tertiary/aromatic N) is 2. The van der Waals surface area contributed by atoms with Crippen molar-refractivity contribution in [1.82, 2.24) is 4.90 Å². The van der Waals surface area contributed by atoms with Crippen LogP contribution in [0.25, 0.3) is 0 Å². The van der Waals surface area contributed by atoms with Crippen LogP contribution in [0, 0.1) is 18.3 Å². The molecule has 0 aliphatic carbocycles. The third kappa shape index (κ3) is 4.22. The molecule has 1 heterocycles. The lowest BCUT2D eigenvalue weighted by atomic mass is 10.1. The Kier molecular flexibility index (Phi) is 7.44. The van der Waals surface area contributed by atoms with E-state index in [1.165, 1.54) is 6.21 Å². The number of nitrogens with one attached hydrogen (secondary N) is 1. The Hall–Kier alpha value is -1.22. The molecule has 0 aromatic heterocycles. The van der Waals surface area contributed by atoms with Gasteiger partial charge in [-0.25, -0.2) is 0 Å². The maximum absolute atomic E-state index is 8.60. The Morgan fingerprint density at radius 3 is 2.89 bits per heavy atom. The number of halogens is 1. The van der Waals surface area contributed by atoms with Crippen LogP contribution < -0.4 is 17.3 Å². The first kappa shape index (κ1) is 16.8. The summed E-state index contributed by atoms with van der Waals surface area (Å²) in [7, 11) is 1.92. The average Bonchev–Trinajstić information content (AvgIpc) is 2.67. The second-order valence-corrected chi connectivity index (χ2v) is 4.24. The molecule has 1 aliphatic heterocycles. The Labute approximate surface area is 114 Å². The number of terminal acetylenes is 1. The Balaban J connectivity index is 0.00000289. The third-order valence-electron chi connectivity index (χ3n) is 3.03. The molecule has 4 atom stereocenters. The fraction of sp³-hybridized carbons (Fsp3) is 0.583. The van der Waals surface area contributed by atoms with Gasteiger partial charge in [0.25, 0.3) is 0 Å². The quantitative estimate of drug-likeness (QED) is 0.239. The largest absolute Gasteiger partial charge is 1.00 e. The van der Waals surface area contributed by atoms with Crippen molar-refractivity contribution in [3.63, 3.8) is 0 Å². The first-order chi connectivity index (χ1) is 8.10. The highest BCUT2D eigenvalue weighted by molar-refractivity contribution is 5.61. The molecule has 102 valence electrons. The van der Waals surface area contributed by atoms with Crippen molar-refractivity contribution < 1.29 is 27.3 Å². The SMILES string of the molecule is C#CC(C)C(C)OC[NH+]1C=CN(C)C1/C=N\O.[Cl-]. The van der Waals surface area contributed by atoms with E-state index in [0.29, 0.717) is 6.73 Å². The summed E-state index contributed by atoms with van der Waals surface area (Å²) in [6.45, 7) is 4.41. The molecule has 0 fully saturated rings. The van der Waals surface area contributed by atoms with Crippen molar-refractivity contribution in [2.45, 2.75) is 26.1 Å². The normalized spacial score (nSPS) is 25.8. The summed E-state index contributed by atoms with van der Waals surface area (Å²) in [6, 6.07) is 0. The molecule has 2 N–H and O–H groups in total. The maximum Gasteiger partial charge on any atom is 0.209 e. The molecule has 0 saturated carbocycles. The molecule has 0 spiro atoms. The zero-order valence-electron chi connectivity index (χ0n) is 10.9. The smallest absolute Gasteiger partial charge is 0.209 e. The zero-order valence-corrected chi connectivity index (χ0v) is 11.6. The molecule has 0 aromatic rings. The van der Waals surface area contributed by atoms with Gasteiger partial charge in [-0.15, -0.1) is 12.3 Å². The molecule has 5 nitrogen and oxygen atoms in total. The van der Waals surface area contributed by atoms with E-state index in [0.717, 1.165) is 4.90 Å². The lowest BCUT2D eigenvalue weighted by Gasteiger charge is -2.23. The molecule has 4 unspecified atom stereocenters. The van der Waals surface area contributed by atoms with E-state index in [9.17, 15) is 0 Å². The topological polar surface area (TPSA) is 49.5 Å². The fourth-order valence-corrected chi connectivity index (χ4v) is 1.57. The Morgan fingerprint density at radius 1 is 1.67 bits per heavy atom. The molecule has 1 rings (SSSR count). The molecular formula is C12H20ClN3O2. The molecule has 0 radical (unpaired) electrons. The summed E-state index contributed by atoms with van der Waals surface area (Å²) in [6.07, 6.45) is 10.7. The van der Waals surface area contributed by atoms with Crippen molar-refractivity contribution in [1.29, 1.82) is 0 Å². The van der Waals surface area contributed by atoms with Gasteiger partial charge in [0.1, 0.15) is 12.4 Å². The fourth-order valence-electron chi connectivity index (χ4n) is 1.57. The van der Waals surface area contributed by atoms with Crippen LogP contribution in [0.1, 0.15) is 13.8 Å². The molecule has 0 amide bonds. The molecule has 1 aliphatic rings. The van der Waals surface area contributed by atoms with Gasteiger partial charge < -0.3 is 27.3 Å². The predicted molar refractivity (Wildman–Crippen MR) is 65.3 cm³/mol. The van der Waals surface area contributed by atoms with E-state index in [2.05, 4.69) is 11.1 Å². The van der Waals surface area contributed by atoms with Gasteiger partial charge in [-0.05, 0) is 13.8 Å². The van der Waals surface area contributed by atoms with E-state index < -0.39 is 0 Å². The number of oxime groups is 1. The minimum atomic E-state index is -0.0339. The van der Waals surface area contributed by atoms with Gasteiger partial charge in [-0.3, -0.25) is 4.90 Å². The molecule has 18 heavy (non-hydrogen) atoms. The number of hydrogen-bond donors (Lipinski definition) is 2. The van der Waals surface area contributed by atoms with Crippen molar-refractivity contribution >= 4 is 6.21 Å². The highest BCUT2D eigenvalue weighted by atomic mass is 35.5. The minimum Gasteiger partial charge on any atom is -1.00 e. The van der Waals surface area contributed by atoms with E-state index in [1.54, 1.807) is 0 Å². The molecule has 0 aromatic carbocycles. The maximum atomic E-state index is 8.60. The third-order valence-corrected chi connectivity index (χ3v) is 3.03. The summed E-state index contributed by atoms with van der Waals surface area (Å²) in [5.74, 6) is 2.74. The number of hydrogen-bond acceptors (Lipinski definition) is 4. The monoisotopic (exact) mass is 273 g/mol. The first-order valence-electron chi connectivity index (χ1n) is 5.61. The second kappa shape index (κ2) is 7.98. The lowest BCUT2D eigenvalue weighted by molar-refractivity contribution is -0.886. The van der Waals surface area contributed by atoms with Crippen LogP contribution in [0.15, 0.2) is 17.6 Å². The van der Waals surface area contributed by atoms with Gasteiger partial charge in [0.05, 0.1) is 12.3 Å². The van der Waals surface area contributed by atoms with Crippen LogP contribution in [0.5, 0.6) is 0 Å². The molecule has 6 heteroatoms. The second-order valence-electron chi connectivity index (χ2n) is 4.24. The van der Waals surface area contributed by atoms with Gasteiger partial charge in [-0.2, -0.15) is 0 Å². The Morgan fingerprint density at radius 2 is 2.33 bits per heavy atom. The van der Waals surface area contributed by atoms with Crippen LogP contribution in [-0.4, -0.2) is 42.4 Å². The van der Waals surface area contributed by atoms with Gasteiger partial charge in [0.15, 0.2) is 6.73 Å². The van der Waals surface area contributed by atoms with Crippen molar-refractivity contribution in [2.24, 2.45) is 11.1 Å². The Bertz CT molecular complexity index is 341. The van der Waals surface area contributed by atoms with Gasteiger partial charge >= 0.3 is 0 Å². The van der Waals surface area contributed by atoms with Crippen molar-refractivity contribution in [3.8, 4) is 12.3 Å². The first-order valence-corrected chi connectivity index (χ1v) is 5.61. The molecular weight excluding hydrogens is 254 g/mol. The summed E-state index contributed by atoms with van der Waals surface area (Å²) >= 11 is 0. The van der Waals surface area contributed by atoms with E-state index >= 15 is 0 Å². The average molecular weight is 274 g/mol. The van der Waals surface area contributed by atoms with Crippen LogP contribution in [0.2, 0.25) is 0 Å². The van der Waals surface area contributed by atoms with Crippen molar-refractivity contribution in [3.05, 3.63) is 12.4 Å². The van der Waals surface area contributed by atoms with Crippen LogP contribution in [-0.2, 0) is 4.74 Å². The van der Waals surface area contributed by atoms with Crippen LogP contribution in [0.4, 0.5) is 0 Å². The summed E-state index contributed by atoms with van der Waals surface area (Å²) < 4.78 is 5.70. The minimum absolute atomic E-state index is 0. The van der Waals surface area contributed by atoms with Gasteiger partial charge in [0, 0.05) is 13.0 Å². The van der Waals surface area contributed by atoms with E-state index in [1.807, 2.05) is 38.2 Å². The number of ether oxygens (including phenoxy) is 1. The van der Waals surface area contributed by atoms with Gasteiger partial charge in [-0.1, -0.05) is 5.16 Å². The summed E-state index contributed by atoms with van der Waals surface area (Å²) in [4.78, 5) is 3.01. The van der Waals surface area contributed by atoms with Crippen LogP contribution >= 0.6 is 0 Å². The highest BCUT2D eigenvalue weighted by Crippen LogP contribution is 2.04. The predicted octanol–water partition coefficient (Wildman–Crippen LogP) is -3.29. The number of quaternary nitrogens is 1. The molecule has 0 saturated heterocycles. The van der Waals surface area contributed by atoms with Crippen molar-refractivity contribution in [2.75, 3.05) is 13.8 Å². The van der Waals surface area contributed by atoms with E-state index in [4.69, 9.17) is 16.4 Å². The van der Waals surface area contributed by atoms with Gasteiger partial charge in [0.2, 0.25) is 6.17 Å².